The summed E-state index contributed by atoms with van der Waals surface area (Å²) >= 11 is 0. The highest BCUT2D eigenvalue weighted by Gasteiger charge is 2.12. The van der Waals surface area contributed by atoms with Gasteiger partial charge in [-0.3, -0.25) is 4.79 Å². The van der Waals surface area contributed by atoms with E-state index in [1.165, 1.54) is 0 Å². The Balaban J connectivity index is 1.96. The van der Waals surface area contributed by atoms with Gasteiger partial charge in [0.15, 0.2) is 0 Å². The first kappa shape index (κ1) is 18.6. The standard InChI is InChI=1S/C19H24N2O4/c1-13(17-7-5-6-8-18(17)25-4)20-12-19(22)21-14-9-15(23-2)11-16(10-14)24-3/h5-11,13,20H,12H2,1-4H3,(H,21,22)/t13-/m1/s1. The number of benzene rings is 2. The SMILES string of the molecule is COc1cc(NC(=O)CN[C@H](C)c2ccccc2OC)cc(OC)c1. The summed E-state index contributed by atoms with van der Waals surface area (Å²) in [6.07, 6.45) is 0. The number of anilines is 1. The summed E-state index contributed by atoms with van der Waals surface area (Å²) in [7, 11) is 4.77. The van der Waals surface area contributed by atoms with Gasteiger partial charge in [0, 0.05) is 35.5 Å². The molecule has 0 bridgehead atoms. The van der Waals surface area contributed by atoms with Gasteiger partial charge in [0.25, 0.3) is 0 Å². The third-order valence-corrected chi connectivity index (χ3v) is 3.81. The molecule has 2 N–H and O–H groups in total. The van der Waals surface area contributed by atoms with Crippen LogP contribution in [0.25, 0.3) is 0 Å². The van der Waals surface area contributed by atoms with Gasteiger partial charge in [-0.05, 0) is 13.0 Å². The third-order valence-electron chi connectivity index (χ3n) is 3.81. The van der Waals surface area contributed by atoms with Crippen molar-refractivity contribution in [2.45, 2.75) is 13.0 Å². The fourth-order valence-electron chi connectivity index (χ4n) is 2.46. The normalized spacial score (nSPS) is 11.5. The van der Waals surface area contributed by atoms with E-state index in [0.717, 1.165) is 11.3 Å². The van der Waals surface area contributed by atoms with Gasteiger partial charge in [0.05, 0.1) is 27.9 Å². The number of hydrogen-bond donors (Lipinski definition) is 2. The molecule has 0 unspecified atom stereocenters. The summed E-state index contributed by atoms with van der Waals surface area (Å²) in [5.41, 5.74) is 1.62. The summed E-state index contributed by atoms with van der Waals surface area (Å²) in [4.78, 5) is 12.2. The Kier molecular flexibility index (Phi) is 6.65. The van der Waals surface area contributed by atoms with Gasteiger partial charge < -0.3 is 24.8 Å². The van der Waals surface area contributed by atoms with Crippen molar-refractivity contribution in [3.63, 3.8) is 0 Å². The van der Waals surface area contributed by atoms with Crippen LogP contribution in [-0.2, 0) is 4.79 Å². The number of para-hydroxylation sites is 1. The number of methoxy groups -OCH3 is 3. The van der Waals surface area contributed by atoms with E-state index in [4.69, 9.17) is 14.2 Å². The van der Waals surface area contributed by atoms with Crippen molar-refractivity contribution in [1.82, 2.24) is 5.32 Å². The summed E-state index contributed by atoms with van der Waals surface area (Å²) in [5.74, 6) is 1.87. The quantitative estimate of drug-likeness (QED) is 0.770. The van der Waals surface area contributed by atoms with E-state index in [0.29, 0.717) is 17.2 Å². The smallest absolute Gasteiger partial charge is 0.238 e. The van der Waals surface area contributed by atoms with Crippen molar-refractivity contribution in [2.24, 2.45) is 0 Å². The number of carbonyl (C=O) groups excluding carboxylic acids is 1. The van der Waals surface area contributed by atoms with E-state index in [-0.39, 0.29) is 18.5 Å². The van der Waals surface area contributed by atoms with Crippen LogP contribution in [0.4, 0.5) is 5.69 Å². The van der Waals surface area contributed by atoms with Crippen LogP contribution < -0.4 is 24.8 Å². The molecule has 0 aliphatic heterocycles. The first-order chi connectivity index (χ1) is 12.1. The molecule has 0 aliphatic rings. The van der Waals surface area contributed by atoms with Gasteiger partial charge in [-0.1, -0.05) is 18.2 Å². The van der Waals surface area contributed by atoms with E-state index in [2.05, 4.69) is 10.6 Å². The van der Waals surface area contributed by atoms with Crippen LogP contribution in [-0.4, -0.2) is 33.8 Å². The molecule has 0 aromatic heterocycles. The molecule has 25 heavy (non-hydrogen) atoms. The highest BCUT2D eigenvalue weighted by atomic mass is 16.5. The van der Waals surface area contributed by atoms with E-state index >= 15 is 0 Å². The fourth-order valence-corrected chi connectivity index (χ4v) is 2.46. The van der Waals surface area contributed by atoms with Crippen molar-refractivity contribution in [1.29, 1.82) is 0 Å². The zero-order valence-electron chi connectivity index (χ0n) is 15.0. The maximum atomic E-state index is 12.2. The predicted octanol–water partition coefficient (Wildman–Crippen LogP) is 3.00. The van der Waals surface area contributed by atoms with E-state index in [9.17, 15) is 4.79 Å². The molecule has 0 fully saturated rings. The van der Waals surface area contributed by atoms with E-state index < -0.39 is 0 Å². The molecule has 2 aromatic rings. The van der Waals surface area contributed by atoms with Crippen LogP contribution in [0, 0.1) is 0 Å². The Labute approximate surface area is 148 Å². The minimum Gasteiger partial charge on any atom is -0.497 e. The number of carbonyl (C=O) groups is 1. The Morgan fingerprint density at radius 1 is 1.00 bits per heavy atom. The van der Waals surface area contributed by atoms with E-state index in [1.807, 2.05) is 31.2 Å². The molecule has 2 rings (SSSR count). The Bertz CT molecular complexity index is 696. The zero-order valence-corrected chi connectivity index (χ0v) is 15.0. The van der Waals surface area contributed by atoms with E-state index in [1.54, 1.807) is 39.5 Å². The van der Waals surface area contributed by atoms with Crippen LogP contribution in [0.5, 0.6) is 17.2 Å². The van der Waals surface area contributed by atoms with Crippen LogP contribution >= 0.6 is 0 Å². The maximum absolute atomic E-state index is 12.2. The monoisotopic (exact) mass is 344 g/mol. The summed E-state index contributed by atoms with van der Waals surface area (Å²) in [6.45, 7) is 2.15. The molecule has 134 valence electrons. The van der Waals surface area contributed by atoms with Crippen molar-refractivity contribution >= 4 is 11.6 Å². The molecule has 0 saturated carbocycles. The van der Waals surface area contributed by atoms with Crippen molar-refractivity contribution in [3.05, 3.63) is 48.0 Å². The maximum Gasteiger partial charge on any atom is 0.238 e. The minimum atomic E-state index is -0.156. The Hall–Kier alpha value is -2.73. The van der Waals surface area contributed by atoms with Gasteiger partial charge >= 0.3 is 0 Å². The second-order valence-electron chi connectivity index (χ2n) is 5.49. The fraction of sp³-hybridized carbons (Fsp3) is 0.316. The molecular formula is C19H24N2O4. The molecule has 0 heterocycles. The number of hydrogen-bond acceptors (Lipinski definition) is 5. The van der Waals surface area contributed by atoms with Gasteiger partial charge in [-0.25, -0.2) is 0 Å². The molecule has 2 aromatic carbocycles. The lowest BCUT2D eigenvalue weighted by atomic mass is 10.1. The highest BCUT2D eigenvalue weighted by Crippen LogP contribution is 2.26. The Morgan fingerprint density at radius 2 is 1.64 bits per heavy atom. The first-order valence-electron chi connectivity index (χ1n) is 7.96. The Morgan fingerprint density at radius 3 is 2.24 bits per heavy atom. The minimum absolute atomic E-state index is 0.0262. The summed E-state index contributed by atoms with van der Waals surface area (Å²) in [6, 6.07) is 12.9. The second-order valence-corrected chi connectivity index (χ2v) is 5.49. The molecule has 0 aliphatic carbocycles. The molecule has 6 heteroatoms. The highest BCUT2D eigenvalue weighted by molar-refractivity contribution is 5.92. The lowest BCUT2D eigenvalue weighted by Crippen LogP contribution is -2.30. The molecule has 0 saturated heterocycles. The van der Waals surface area contributed by atoms with Crippen LogP contribution in [0.1, 0.15) is 18.5 Å². The predicted molar refractivity (Wildman–Crippen MR) is 97.6 cm³/mol. The summed E-state index contributed by atoms with van der Waals surface area (Å²) in [5, 5.41) is 6.03. The van der Waals surface area contributed by atoms with Gasteiger partial charge in [0.1, 0.15) is 17.2 Å². The molecule has 0 radical (unpaired) electrons. The van der Waals surface area contributed by atoms with Crippen LogP contribution in [0.3, 0.4) is 0 Å². The van der Waals surface area contributed by atoms with Crippen molar-refractivity contribution < 1.29 is 19.0 Å². The summed E-state index contributed by atoms with van der Waals surface area (Å²) < 4.78 is 15.8. The largest absolute Gasteiger partial charge is 0.497 e. The number of amides is 1. The van der Waals surface area contributed by atoms with Crippen molar-refractivity contribution in [2.75, 3.05) is 33.2 Å². The number of rotatable bonds is 8. The zero-order chi connectivity index (χ0) is 18.2. The number of nitrogens with one attached hydrogen (secondary N) is 2. The topological polar surface area (TPSA) is 68.8 Å². The van der Waals surface area contributed by atoms with Gasteiger partial charge in [-0.15, -0.1) is 0 Å². The van der Waals surface area contributed by atoms with Crippen molar-refractivity contribution in [3.8, 4) is 17.2 Å². The third kappa shape index (κ3) is 5.12. The van der Waals surface area contributed by atoms with Crippen LogP contribution in [0.2, 0.25) is 0 Å². The van der Waals surface area contributed by atoms with Crippen LogP contribution in [0.15, 0.2) is 42.5 Å². The first-order valence-corrected chi connectivity index (χ1v) is 7.96. The lowest BCUT2D eigenvalue weighted by molar-refractivity contribution is -0.115. The lowest BCUT2D eigenvalue weighted by Gasteiger charge is -2.17. The molecule has 6 nitrogen and oxygen atoms in total. The molecular weight excluding hydrogens is 320 g/mol. The molecule has 1 atom stereocenters. The number of ether oxygens (including phenoxy) is 3. The average Bonchev–Trinajstić information content (AvgIpc) is 2.65. The van der Waals surface area contributed by atoms with Gasteiger partial charge in [0.2, 0.25) is 5.91 Å². The molecule has 0 spiro atoms. The average molecular weight is 344 g/mol. The van der Waals surface area contributed by atoms with Gasteiger partial charge in [-0.2, -0.15) is 0 Å². The molecule has 1 amide bonds. The second kappa shape index (κ2) is 8.94.